The fraction of sp³-hybridized carbons (Fsp3) is 0.478. The molecule has 5 fully saturated rings. The van der Waals surface area contributed by atoms with Gasteiger partial charge in [0.05, 0.1) is 28.3 Å². The molecule has 0 bridgehead atoms. The highest BCUT2D eigenvalue weighted by Crippen LogP contribution is 2.60. The first-order valence-corrected chi connectivity index (χ1v) is 20.6. The van der Waals surface area contributed by atoms with Gasteiger partial charge in [0, 0.05) is 90.2 Å². The van der Waals surface area contributed by atoms with Gasteiger partial charge in [-0.25, -0.2) is 0 Å². The number of carbonyl (C=O) groups is 5. The van der Waals surface area contributed by atoms with Gasteiger partial charge in [0.25, 0.3) is 17.7 Å². The number of benzene rings is 2. The van der Waals surface area contributed by atoms with E-state index in [-0.39, 0.29) is 47.6 Å². The first-order valence-electron chi connectivity index (χ1n) is 20.6. The molecule has 0 radical (unpaired) electrons. The highest BCUT2D eigenvalue weighted by Gasteiger charge is 2.68. The zero-order valence-electron chi connectivity index (χ0n) is 34.5. The Morgan fingerprint density at radius 1 is 0.869 bits per heavy atom. The lowest BCUT2D eigenvalue weighted by Gasteiger charge is -2.65. The van der Waals surface area contributed by atoms with Crippen molar-refractivity contribution in [1.29, 1.82) is 5.26 Å². The van der Waals surface area contributed by atoms with E-state index < -0.39 is 69.3 Å². The largest absolute Gasteiger partial charge is 0.489 e. The number of nitrogens with zero attached hydrogens (tertiary/aromatic N) is 5. The number of anilines is 1. The van der Waals surface area contributed by atoms with Crippen LogP contribution >= 0.6 is 0 Å². The molecule has 0 aromatic heterocycles. The lowest BCUT2D eigenvalue weighted by Crippen LogP contribution is -2.75. The summed E-state index contributed by atoms with van der Waals surface area (Å²) in [6.45, 7) is 13.7. The Morgan fingerprint density at radius 2 is 1.57 bits per heavy atom. The van der Waals surface area contributed by atoms with Crippen LogP contribution in [0.25, 0.3) is 0 Å². The van der Waals surface area contributed by atoms with Crippen molar-refractivity contribution in [3.05, 3.63) is 82.0 Å². The molecule has 2 aliphatic carbocycles. The predicted octanol–water partition coefficient (Wildman–Crippen LogP) is 5.09. The molecule has 2 aromatic carbocycles. The number of nitrogens with one attached hydrogen (secondary N) is 1. The van der Waals surface area contributed by atoms with Gasteiger partial charge in [-0.15, -0.1) is 0 Å². The van der Waals surface area contributed by atoms with Crippen LogP contribution in [0.15, 0.2) is 59.7 Å². The molecule has 9 rings (SSSR count). The van der Waals surface area contributed by atoms with Crippen molar-refractivity contribution in [2.45, 2.75) is 84.3 Å². The van der Waals surface area contributed by atoms with Crippen molar-refractivity contribution >= 4 is 35.2 Å². The molecule has 2 atom stereocenters. The van der Waals surface area contributed by atoms with Crippen LogP contribution in [-0.4, -0.2) is 101 Å². The minimum absolute atomic E-state index is 0.0276. The number of carbonyl (C=O) groups excluding carboxylic acids is 5. The van der Waals surface area contributed by atoms with Crippen molar-refractivity contribution in [2.24, 2.45) is 22.2 Å². The molecule has 15 heteroatoms. The van der Waals surface area contributed by atoms with Crippen LogP contribution in [0.5, 0.6) is 5.75 Å². The van der Waals surface area contributed by atoms with Gasteiger partial charge >= 0.3 is 6.18 Å². The monoisotopic (exact) mass is 834 g/mol. The number of ether oxygens (including phenoxy) is 1. The average Bonchev–Trinajstić information content (AvgIpc) is 3.55. The van der Waals surface area contributed by atoms with Crippen LogP contribution in [0.3, 0.4) is 0 Å². The number of piperidine rings is 1. The van der Waals surface area contributed by atoms with Crippen molar-refractivity contribution in [2.75, 3.05) is 37.6 Å². The van der Waals surface area contributed by atoms with Crippen LogP contribution in [0.2, 0.25) is 0 Å². The topological polar surface area (TPSA) is 143 Å². The number of fused-ring (bicyclic) bond motifs is 2. The van der Waals surface area contributed by atoms with E-state index in [0.29, 0.717) is 19.0 Å². The van der Waals surface area contributed by atoms with Gasteiger partial charge < -0.3 is 14.5 Å². The molecule has 1 saturated carbocycles. The van der Waals surface area contributed by atoms with E-state index in [0.717, 1.165) is 60.0 Å². The summed E-state index contributed by atoms with van der Waals surface area (Å²) in [6, 6.07) is 9.26. The lowest BCUT2D eigenvalue weighted by atomic mass is 9.49. The zero-order valence-corrected chi connectivity index (χ0v) is 34.5. The molecule has 2 unspecified atom stereocenters. The average molecular weight is 835 g/mol. The van der Waals surface area contributed by atoms with E-state index in [1.165, 1.54) is 6.07 Å². The fourth-order valence-electron chi connectivity index (χ4n) is 11.3. The van der Waals surface area contributed by atoms with Gasteiger partial charge in [-0.1, -0.05) is 58.6 Å². The van der Waals surface area contributed by atoms with Crippen LogP contribution in [0, 0.1) is 45.3 Å². The third-order valence-corrected chi connectivity index (χ3v) is 13.9. The number of allylic oxidation sites excluding steroid dienone is 3. The number of imide groups is 2. The molecule has 4 saturated heterocycles. The summed E-state index contributed by atoms with van der Waals surface area (Å²) < 4.78 is 47.4. The van der Waals surface area contributed by atoms with Gasteiger partial charge in [0.15, 0.2) is 0 Å². The van der Waals surface area contributed by atoms with Gasteiger partial charge in [0.1, 0.15) is 17.9 Å². The second-order valence-corrected chi connectivity index (χ2v) is 19.0. The maximum atomic E-state index is 14.0. The summed E-state index contributed by atoms with van der Waals surface area (Å²) in [5.41, 5.74) is -0.113. The van der Waals surface area contributed by atoms with Crippen LogP contribution in [-0.2, 0) is 20.6 Å². The Labute approximate surface area is 351 Å². The molecule has 5 aliphatic heterocycles. The predicted molar refractivity (Wildman–Crippen MR) is 214 cm³/mol. The fourth-order valence-corrected chi connectivity index (χ4v) is 11.3. The number of rotatable bonds is 6. The van der Waals surface area contributed by atoms with E-state index in [9.17, 15) is 42.4 Å². The van der Waals surface area contributed by atoms with Crippen molar-refractivity contribution in [3.63, 3.8) is 0 Å². The quantitative estimate of drug-likeness (QED) is 0.311. The van der Waals surface area contributed by atoms with Gasteiger partial charge in [0.2, 0.25) is 11.8 Å². The second kappa shape index (κ2) is 13.8. The van der Waals surface area contributed by atoms with Crippen molar-refractivity contribution in [3.8, 4) is 23.7 Å². The SMILES string of the molecule is CC12CC(C#CC3CN(C4CN(c5ccc6c(c5)C(=O)N(C5CCC(=O)NC5=O)C6=O)C4)C3)=CC=C1C(=O)N(C1C(C)(C)C(Oc3ccc(C#N)c(C(F)(F)F)c3)C1(C)C)C2. The number of hydrogen-bond acceptors (Lipinski definition) is 9. The lowest BCUT2D eigenvalue weighted by molar-refractivity contribution is -0.208. The molecule has 5 heterocycles. The van der Waals surface area contributed by atoms with Gasteiger partial charge in [-0.2, -0.15) is 18.4 Å². The third kappa shape index (κ3) is 6.42. The molecule has 1 N–H and O–H groups in total. The summed E-state index contributed by atoms with van der Waals surface area (Å²) in [5.74, 6) is 4.94. The molecule has 2 aromatic rings. The van der Waals surface area contributed by atoms with E-state index in [4.69, 9.17) is 4.74 Å². The number of halogens is 3. The maximum absolute atomic E-state index is 14.0. The molecule has 12 nitrogen and oxygen atoms in total. The standard InChI is InChI=1S/C46H45F3N6O6/c1-43(2)41(44(3,4)42(43)61-30-11-9-27(19-50)34(17-30)46(47,48)49)54-24-45(5)18-25(8-13-33(45)40(54)60)6-7-26-20-52(21-26)29-22-53(23-29)28-10-12-31-32(16-28)39(59)55(38(31)58)35-14-15-36(56)51-37(35)57/h8-13,16-17,26,29,35,41-42H,14-15,18,20-24H2,1-5H3,(H,51,56,57). The number of nitriles is 1. The normalized spacial score (nSPS) is 28.3. The van der Waals surface area contributed by atoms with Gasteiger partial charge in [-0.05, 0) is 49.2 Å². The Kier molecular flexibility index (Phi) is 9.15. The molecular weight excluding hydrogens is 790 g/mol. The van der Waals surface area contributed by atoms with Gasteiger partial charge in [-0.3, -0.25) is 39.1 Å². The summed E-state index contributed by atoms with van der Waals surface area (Å²) in [7, 11) is 0. The van der Waals surface area contributed by atoms with E-state index in [2.05, 4.69) is 33.9 Å². The number of hydrogen-bond donors (Lipinski definition) is 1. The van der Waals surface area contributed by atoms with Crippen LogP contribution < -0.4 is 15.0 Å². The molecule has 316 valence electrons. The maximum Gasteiger partial charge on any atom is 0.417 e. The Morgan fingerprint density at radius 3 is 2.25 bits per heavy atom. The summed E-state index contributed by atoms with van der Waals surface area (Å²) in [5, 5.41) is 11.4. The Hall–Kier alpha value is -5.93. The van der Waals surface area contributed by atoms with E-state index in [1.54, 1.807) is 18.2 Å². The molecule has 5 amide bonds. The summed E-state index contributed by atoms with van der Waals surface area (Å²) >= 11 is 0. The Balaban J connectivity index is 0.780. The first kappa shape index (κ1) is 40.5. The minimum Gasteiger partial charge on any atom is -0.489 e. The number of amides is 5. The van der Waals surface area contributed by atoms with Crippen LogP contribution in [0.4, 0.5) is 18.9 Å². The van der Waals surface area contributed by atoms with Crippen molar-refractivity contribution in [1.82, 2.24) is 20.0 Å². The third-order valence-electron chi connectivity index (χ3n) is 13.9. The number of alkyl halides is 3. The van der Waals surface area contributed by atoms with E-state index >= 15 is 0 Å². The second-order valence-electron chi connectivity index (χ2n) is 19.0. The highest BCUT2D eigenvalue weighted by atomic mass is 19.4. The number of likely N-dealkylation sites (tertiary alicyclic amines) is 2. The van der Waals surface area contributed by atoms with E-state index in [1.807, 2.05) is 50.8 Å². The summed E-state index contributed by atoms with van der Waals surface area (Å²) in [4.78, 5) is 71.9. The minimum atomic E-state index is -4.70. The van der Waals surface area contributed by atoms with Crippen LogP contribution in [0.1, 0.15) is 85.7 Å². The zero-order chi connectivity index (χ0) is 43.6. The summed E-state index contributed by atoms with van der Waals surface area (Å²) in [6.07, 6.45) is -0.588. The molecular formula is C46H45F3N6O6. The Bertz CT molecular complexity index is 2480. The molecule has 0 spiro atoms. The smallest absolute Gasteiger partial charge is 0.417 e. The highest BCUT2D eigenvalue weighted by molar-refractivity contribution is 6.23. The van der Waals surface area contributed by atoms with Crippen molar-refractivity contribution < 1.29 is 41.9 Å². The first-order chi connectivity index (χ1) is 28.7. The molecule has 61 heavy (non-hydrogen) atoms. The molecule has 7 aliphatic rings.